The van der Waals surface area contributed by atoms with Crippen molar-refractivity contribution in [2.75, 3.05) is 7.11 Å². The maximum atomic E-state index is 6.22. The van der Waals surface area contributed by atoms with Crippen molar-refractivity contribution >= 4 is 27.5 Å². The highest BCUT2D eigenvalue weighted by Crippen LogP contribution is 2.27. The number of benzene rings is 2. The number of aryl methyl sites for hydroxylation is 1. The molecule has 0 aliphatic carbocycles. The van der Waals surface area contributed by atoms with E-state index in [9.17, 15) is 0 Å². The van der Waals surface area contributed by atoms with Gasteiger partial charge in [0.15, 0.2) is 0 Å². The summed E-state index contributed by atoms with van der Waals surface area (Å²) in [6.07, 6.45) is 1.81. The van der Waals surface area contributed by atoms with Crippen LogP contribution in [-0.2, 0) is 6.42 Å². The van der Waals surface area contributed by atoms with Gasteiger partial charge >= 0.3 is 0 Å². The van der Waals surface area contributed by atoms with E-state index in [0.29, 0.717) is 5.02 Å². The molecule has 106 valence electrons. The Hall–Kier alpha value is -1.03. The molecule has 0 aliphatic heterocycles. The summed E-state index contributed by atoms with van der Waals surface area (Å²) in [5.74, 6) is 0.873. The fraction of sp³-hybridized carbons (Fsp3) is 0.250. The second kappa shape index (κ2) is 7.11. The largest absolute Gasteiger partial charge is 0.497 e. The third-order valence-corrected chi connectivity index (χ3v) is 4.51. The van der Waals surface area contributed by atoms with Crippen molar-refractivity contribution in [1.29, 1.82) is 0 Å². The van der Waals surface area contributed by atoms with E-state index in [2.05, 4.69) is 28.1 Å². The van der Waals surface area contributed by atoms with Gasteiger partial charge in [0.1, 0.15) is 5.75 Å². The highest BCUT2D eigenvalue weighted by Gasteiger charge is 2.08. The van der Waals surface area contributed by atoms with E-state index in [1.165, 1.54) is 5.56 Å². The molecule has 20 heavy (non-hydrogen) atoms. The maximum absolute atomic E-state index is 6.22. The minimum Gasteiger partial charge on any atom is -0.497 e. The molecular weight excluding hydrogens is 338 g/mol. The Kier molecular flexibility index (Phi) is 5.46. The molecule has 2 aromatic carbocycles. The first-order chi connectivity index (χ1) is 9.60. The minimum atomic E-state index is -0.0114. The van der Waals surface area contributed by atoms with Gasteiger partial charge in [-0.25, -0.2) is 0 Å². The number of halogens is 2. The van der Waals surface area contributed by atoms with Crippen molar-refractivity contribution in [2.45, 2.75) is 18.9 Å². The average molecular weight is 355 g/mol. The van der Waals surface area contributed by atoms with E-state index in [1.807, 2.05) is 30.3 Å². The molecule has 4 heteroatoms. The molecule has 0 heterocycles. The predicted octanol–water partition coefficient (Wildman–Crippen LogP) is 4.74. The van der Waals surface area contributed by atoms with E-state index in [1.54, 1.807) is 7.11 Å². The molecule has 0 fully saturated rings. The SMILES string of the molecule is COc1ccc(CCC(N)c2ccc(Br)c(Cl)c2)cc1. The number of ether oxygens (including phenoxy) is 1. The molecule has 0 radical (unpaired) electrons. The Bertz CT molecular complexity index is 571. The number of hydrogen-bond donors (Lipinski definition) is 1. The van der Waals surface area contributed by atoms with Crippen LogP contribution < -0.4 is 10.5 Å². The van der Waals surface area contributed by atoms with E-state index in [4.69, 9.17) is 22.1 Å². The number of hydrogen-bond acceptors (Lipinski definition) is 2. The summed E-state index contributed by atoms with van der Waals surface area (Å²) >= 11 is 9.48. The van der Waals surface area contributed by atoms with Crippen LogP contribution in [0.3, 0.4) is 0 Å². The molecule has 1 unspecified atom stereocenters. The van der Waals surface area contributed by atoms with Gasteiger partial charge in [0.2, 0.25) is 0 Å². The molecule has 0 amide bonds. The zero-order valence-corrected chi connectivity index (χ0v) is 13.6. The van der Waals surface area contributed by atoms with Crippen molar-refractivity contribution in [3.05, 3.63) is 63.1 Å². The molecule has 1 atom stereocenters. The lowest BCUT2D eigenvalue weighted by molar-refractivity contribution is 0.414. The Balaban J connectivity index is 1.96. The van der Waals surface area contributed by atoms with Crippen molar-refractivity contribution in [2.24, 2.45) is 5.73 Å². The summed E-state index contributed by atoms with van der Waals surface area (Å²) in [4.78, 5) is 0. The van der Waals surface area contributed by atoms with E-state index in [-0.39, 0.29) is 6.04 Å². The Labute approximate surface area is 133 Å². The Morgan fingerprint density at radius 2 is 1.90 bits per heavy atom. The first kappa shape index (κ1) is 15.4. The van der Waals surface area contributed by atoms with Crippen LogP contribution in [0.4, 0.5) is 0 Å². The van der Waals surface area contributed by atoms with Gasteiger partial charge in [-0.3, -0.25) is 0 Å². The molecule has 0 saturated carbocycles. The fourth-order valence-electron chi connectivity index (χ4n) is 2.02. The second-order valence-electron chi connectivity index (χ2n) is 4.67. The third kappa shape index (κ3) is 3.98. The summed E-state index contributed by atoms with van der Waals surface area (Å²) in [6.45, 7) is 0. The van der Waals surface area contributed by atoms with Crippen molar-refractivity contribution in [3.8, 4) is 5.75 Å². The summed E-state index contributed by atoms with van der Waals surface area (Å²) in [7, 11) is 1.67. The first-order valence-corrected chi connectivity index (χ1v) is 7.60. The molecular formula is C16H17BrClNO. The smallest absolute Gasteiger partial charge is 0.118 e. The average Bonchev–Trinajstić information content (AvgIpc) is 2.48. The molecule has 0 aliphatic rings. The van der Waals surface area contributed by atoms with E-state index in [0.717, 1.165) is 28.6 Å². The second-order valence-corrected chi connectivity index (χ2v) is 5.93. The fourth-order valence-corrected chi connectivity index (χ4v) is 2.46. The normalized spacial score (nSPS) is 12.2. The zero-order valence-electron chi connectivity index (χ0n) is 11.3. The van der Waals surface area contributed by atoms with E-state index < -0.39 is 0 Å². The molecule has 2 aromatic rings. The van der Waals surface area contributed by atoms with Crippen LogP contribution in [0.15, 0.2) is 46.9 Å². The monoisotopic (exact) mass is 353 g/mol. The van der Waals surface area contributed by atoms with Crippen LogP contribution in [0.25, 0.3) is 0 Å². The lowest BCUT2D eigenvalue weighted by Gasteiger charge is -2.13. The van der Waals surface area contributed by atoms with Crippen LogP contribution in [0.2, 0.25) is 5.02 Å². The van der Waals surface area contributed by atoms with Crippen LogP contribution in [0, 0.1) is 0 Å². The van der Waals surface area contributed by atoms with Crippen molar-refractivity contribution in [1.82, 2.24) is 0 Å². The molecule has 0 bridgehead atoms. The quantitative estimate of drug-likeness (QED) is 0.841. The summed E-state index contributed by atoms with van der Waals surface area (Å²) in [5.41, 5.74) is 8.54. The van der Waals surface area contributed by atoms with Crippen molar-refractivity contribution in [3.63, 3.8) is 0 Å². The number of rotatable bonds is 5. The number of methoxy groups -OCH3 is 1. The van der Waals surface area contributed by atoms with Gasteiger partial charge in [-0.2, -0.15) is 0 Å². The molecule has 2 N–H and O–H groups in total. The topological polar surface area (TPSA) is 35.2 Å². The van der Waals surface area contributed by atoms with E-state index >= 15 is 0 Å². The Morgan fingerprint density at radius 1 is 1.20 bits per heavy atom. The zero-order chi connectivity index (χ0) is 14.5. The molecule has 2 rings (SSSR count). The van der Waals surface area contributed by atoms with Gasteiger partial charge in [-0.15, -0.1) is 0 Å². The van der Waals surface area contributed by atoms with Crippen LogP contribution in [-0.4, -0.2) is 7.11 Å². The summed E-state index contributed by atoms with van der Waals surface area (Å²) in [5, 5.41) is 0.697. The van der Waals surface area contributed by atoms with Gasteiger partial charge in [-0.1, -0.05) is 29.8 Å². The van der Waals surface area contributed by atoms with Gasteiger partial charge in [-0.05, 0) is 64.2 Å². The highest BCUT2D eigenvalue weighted by molar-refractivity contribution is 9.10. The summed E-state index contributed by atoms with van der Waals surface area (Å²) < 4.78 is 6.04. The van der Waals surface area contributed by atoms with Gasteiger partial charge in [0, 0.05) is 10.5 Å². The van der Waals surface area contributed by atoms with Crippen molar-refractivity contribution < 1.29 is 4.74 Å². The van der Waals surface area contributed by atoms with Gasteiger partial charge in [0.05, 0.1) is 12.1 Å². The third-order valence-electron chi connectivity index (χ3n) is 3.27. The highest BCUT2D eigenvalue weighted by atomic mass is 79.9. The lowest BCUT2D eigenvalue weighted by atomic mass is 10.00. The molecule has 0 saturated heterocycles. The number of nitrogens with two attached hydrogens (primary N) is 1. The summed E-state index contributed by atoms with van der Waals surface area (Å²) in [6, 6.07) is 13.9. The standard InChI is InChI=1S/C16H17BrClNO/c1-20-13-6-2-11(3-7-13)4-9-16(19)12-5-8-14(17)15(18)10-12/h2-3,5-8,10,16H,4,9,19H2,1H3. The van der Waals surface area contributed by atoms with Gasteiger partial charge < -0.3 is 10.5 Å². The Morgan fingerprint density at radius 3 is 2.50 bits per heavy atom. The van der Waals surface area contributed by atoms with Crippen LogP contribution >= 0.6 is 27.5 Å². The molecule has 0 aromatic heterocycles. The minimum absolute atomic E-state index is 0.0114. The lowest BCUT2D eigenvalue weighted by Crippen LogP contribution is -2.11. The maximum Gasteiger partial charge on any atom is 0.118 e. The predicted molar refractivity (Wildman–Crippen MR) is 87.4 cm³/mol. The van der Waals surface area contributed by atoms with Crippen LogP contribution in [0.1, 0.15) is 23.6 Å². The first-order valence-electron chi connectivity index (χ1n) is 6.43. The van der Waals surface area contributed by atoms with Gasteiger partial charge in [0.25, 0.3) is 0 Å². The molecule has 2 nitrogen and oxygen atoms in total. The van der Waals surface area contributed by atoms with Crippen LogP contribution in [0.5, 0.6) is 5.75 Å². The molecule has 0 spiro atoms.